The van der Waals surface area contributed by atoms with E-state index in [4.69, 9.17) is 9.47 Å². The fraction of sp³-hybridized carbons (Fsp3) is 0.500. The summed E-state index contributed by atoms with van der Waals surface area (Å²) in [5.74, 6) is 0.556. The average molecular weight is 243 g/mol. The van der Waals surface area contributed by atoms with Crippen molar-refractivity contribution >= 4 is 0 Å². The molecule has 0 amide bonds. The second-order valence-electron chi connectivity index (χ2n) is 3.79. The summed E-state index contributed by atoms with van der Waals surface area (Å²) in [6.45, 7) is 4.01. The van der Waals surface area contributed by atoms with Crippen molar-refractivity contribution in [1.29, 1.82) is 0 Å². The van der Waals surface area contributed by atoms with E-state index in [0.717, 1.165) is 0 Å². The van der Waals surface area contributed by atoms with Crippen LogP contribution in [0, 0.1) is 5.82 Å². The Balaban J connectivity index is 2.97. The number of halogens is 1. The molecule has 0 fully saturated rings. The van der Waals surface area contributed by atoms with Crippen molar-refractivity contribution in [2.75, 3.05) is 14.2 Å². The molecule has 0 bridgehead atoms. The van der Waals surface area contributed by atoms with E-state index in [1.165, 1.54) is 20.3 Å². The van der Waals surface area contributed by atoms with E-state index < -0.39 is 0 Å². The van der Waals surface area contributed by atoms with E-state index in [9.17, 15) is 4.39 Å². The van der Waals surface area contributed by atoms with Crippen molar-refractivity contribution in [3.63, 3.8) is 0 Å². The van der Waals surface area contributed by atoms with Crippen molar-refractivity contribution in [2.45, 2.75) is 26.5 Å². The lowest BCUT2D eigenvalue weighted by molar-refractivity contribution is 0.0858. The second kappa shape index (κ2) is 6.42. The molecule has 0 heterocycles. The molecule has 0 aromatic heterocycles. The van der Waals surface area contributed by atoms with Gasteiger partial charge in [0, 0.05) is 18.2 Å². The molecule has 17 heavy (non-hydrogen) atoms. The van der Waals surface area contributed by atoms with Crippen LogP contribution >= 0.6 is 0 Å². The van der Waals surface area contributed by atoms with E-state index in [1.54, 1.807) is 6.07 Å². The molecule has 0 radical (unpaired) electrons. The van der Waals surface area contributed by atoms with Crippen molar-refractivity contribution in [1.82, 2.24) is 5.48 Å². The molecule has 1 rings (SSSR count). The topological polar surface area (TPSA) is 39.7 Å². The molecule has 1 aromatic rings. The predicted octanol–water partition coefficient (Wildman–Crippen LogP) is 2.27. The summed E-state index contributed by atoms with van der Waals surface area (Å²) in [6, 6.07) is 2.92. The molecule has 4 nitrogen and oxygen atoms in total. The van der Waals surface area contributed by atoms with Crippen LogP contribution in [0.15, 0.2) is 12.1 Å². The summed E-state index contributed by atoms with van der Waals surface area (Å²) in [7, 11) is 3.00. The van der Waals surface area contributed by atoms with Gasteiger partial charge in [-0.15, -0.1) is 0 Å². The van der Waals surface area contributed by atoms with Crippen molar-refractivity contribution in [2.24, 2.45) is 0 Å². The number of hydrogen-bond donors (Lipinski definition) is 1. The molecule has 1 aromatic carbocycles. The Morgan fingerprint density at radius 1 is 1.24 bits per heavy atom. The standard InChI is InChI=1S/C12H18FNO3/c1-8(2)17-12-6-10(13)9(7-14-16-4)5-11(12)15-3/h5-6,8,14H,7H2,1-4H3. The molecule has 0 aliphatic rings. The van der Waals surface area contributed by atoms with Crippen LogP contribution in [0.4, 0.5) is 4.39 Å². The zero-order chi connectivity index (χ0) is 12.8. The predicted molar refractivity (Wildman–Crippen MR) is 62.6 cm³/mol. The highest BCUT2D eigenvalue weighted by Gasteiger charge is 2.12. The number of benzene rings is 1. The van der Waals surface area contributed by atoms with Gasteiger partial charge in [-0.25, -0.2) is 4.39 Å². The summed E-state index contributed by atoms with van der Waals surface area (Å²) in [5.41, 5.74) is 3.04. The van der Waals surface area contributed by atoms with Crippen LogP contribution in [0.1, 0.15) is 19.4 Å². The fourth-order valence-corrected chi connectivity index (χ4v) is 1.37. The van der Waals surface area contributed by atoms with Gasteiger partial charge in [0.25, 0.3) is 0 Å². The van der Waals surface area contributed by atoms with Crippen molar-refractivity contribution in [3.05, 3.63) is 23.5 Å². The lowest BCUT2D eigenvalue weighted by Crippen LogP contribution is -2.13. The smallest absolute Gasteiger partial charge is 0.164 e. The van der Waals surface area contributed by atoms with Gasteiger partial charge in [-0.3, -0.25) is 0 Å². The quantitative estimate of drug-likeness (QED) is 0.778. The van der Waals surface area contributed by atoms with Gasteiger partial charge in [0.05, 0.1) is 20.3 Å². The van der Waals surface area contributed by atoms with Crippen LogP contribution < -0.4 is 15.0 Å². The molecule has 0 spiro atoms. The highest BCUT2D eigenvalue weighted by molar-refractivity contribution is 5.43. The monoisotopic (exact) mass is 243 g/mol. The van der Waals surface area contributed by atoms with E-state index in [-0.39, 0.29) is 18.5 Å². The van der Waals surface area contributed by atoms with Gasteiger partial charge in [0.15, 0.2) is 11.5 Å². The van der Waals surface area contributed by atoms with Gasteiger partial charge < -0.3 is 14.3 Å². The minimum Gasteiger partial charge on any atom is -0.493 e. The molecule has 0 atom stereocenters. The average Bonchev–Trinajstić information content (AvgIpc) is 2.27. The fourth-order valence-electron chi connectivity index (χ4n) is 1.37. The zero-order valence-corrected chi connectivity index (χ0v) is 10.5. The first-order chi connectivity index (χ1) is 8.08. The van der Waals surface area contributed by atoms with Crippen LogP contribution in [0.2, 0.25) is 0 Å². The Kier molecular flexibility index (Phi) is 5.18. The minimum atomic E-state index is -0.356. The molecule has 0 saturated heterocycles. The molecule has 0 saturated carbocycles. The van der Waals surface area contributed by atoms with Gasteiger partial charge in [-0.05, 0) is 19.9 Å². The number of hydrogen-bond acceptors (Lipinski definition) is 4. The van der Waals surface area contributed by atoms with Gasteiger partial charge in [0.2, 0.25) is 0 Å². The zero-order valence-electron chi connectivity index (χ0n) is 10.5. The van der Waals surface area contributed by atoms with Crippen LogP contribution in [0.3, 0.4) is 0 Å². The van der Waals surface area contributed by atoms with Gasteiger partial charge in [-0.2, -0.15) is 5.48 Å². The van der Waals surface area contributed by atoms with E-state index in [1.807, 2.05) is 13.8 Å². The Hall–Kier alpha value is -1.33. The molecular weight excluding hydrogens is 225 g/mol. The third-order valence-corrected chi connectivity index (χ3v) is 2.10. The number of hydroxylamine groups is 1. The molecular formula is C12H18FNO3. The van der Waals surface area contributed by atoms with E-state index >= 15 is 0 Å². The van der Waals surface area contributed by atoms with E-state index in [0.29, 0.717) is 17.1 Å². The first kappa shape index (κ1) is 13.7. The van der Waals surface area contributed by atoms with Crippen LogP contribution in [0.5, 0.6) is 11.5 Å². The van der Waals surface area contributed by atoms with Crippen LogP contribution in [-0.2, 0) is 11.4 Å². The summed E-state index contributed by atoms with van der Waals surface area (Å²) in [6.07, 6.45) is -0.0359. The Labute approximate surface area is 101 Å². The highest BCUT2D eigenvalue weighted by atomic mass is 19.1. The first-order valence-corrected chi connectivity index (χ1v) is 5.37. The molecule has 96 valence electrons. The summed E-state index contributed by atoms with van der Waals surface area (Å²) >= 11 is 0. The third kappa shape index (κ3) is 3.87. The summed E-state index contributed by atoms with van der Waals surface area (Å²) in [5, 5.41) is 0. The maximum atomic E-state index is 13.7. The lowest BCUT2D eigenvalue weighted by Gasteiger charge is -2.15. The van der Waals surface area contributed by atoms with Gasteiger partial charge in [-0.1, -0.05) is 0 Å². The lowest BCUT2D eigenvalue weighted by atomic mass is 10.2. The molecule has 1 N–H and O–H groups in total. The molecule has 5 heteroatoms. The number of ether oxygens (including phenoxy) is 2. The SMILES string of the molecule is CONCc1cc(OC)c(OC(C)C)cc1F. The van der Waals surface area contributed by atoms with Crippen LogP contribution in [-0.4, -0.2) is 20.3 Å². The Morgan fingerprint density at radius 3 is 2.47 bits per heavy atom. The second-order valence-corrected chi connectivity index (χ2v) is 3.79. The van der Waals surface area contributed by atoms with Crippen molar-refractivity contribution < 1.29 is 18.7 Å². The maximum absolute atomic E-state index is 13.7. The van der Waals surface area contributed by atoms with Gasteiger partial charge in [0.1, 0.15) is 5.82 Å². The normalized spacial score (nSPS) is 10.7. The Morgan fingerprint density at radius 2 is 1.94 bits per heavy atom. The number of nitrogens with one attached hydrogen (secondary N) is 1. The maximum Gasteiger partial charge on any atom is 0.164 e. The minimum absolute atomic E-state index is 0.0359. The first-order valence-electron chi connectivity index (χ1n) is 5.37. The Bertz CT molecular complexity index is 369. The molecule has 0 unspecified atom stereocenters. The van der Waals surface area contributed by atoms with Gasteiger partial charge >= 0.3 is 0 Å². The summed E-state index contributed by atoms with van der Waals surface area (Å²) in [4.78, 5) is 4.68. The number of rotatable bonds is 6. The molecule has 0 aliphatic heterocycles. The largest absolute Gasteiger partial charge is 0.493 e. The van der Waals surface area contributed by atoms with Crippen LogP contribution in [0.25, 0.3) is 0 Å². The third-order valence-electron chi connectivity index (χ3n) is 2.10. The molecule has 0 aliphatic carbocycles. The highest BCUT2D eigenvalue weighted by Crippen LogP contribution is 2.30. The summed E-state index contributed by atoms with van der Waals surface area (Å²) < 4.78 is 24.3. The van der Waals surface area contributed by atoms with E-state index in [2.05, 4.69) is 10.3 Å². The number of methoxy groups -OCH3 is 1. The van der Waals surface area contributed by atoms with Crippen molar-refractivity contribution in [3.8, 4) is 11.5 Å².